The van der Waals surface area contributed by atoms with Crippen LogP contribution < -0.4 is 41.3 Å². The number of aromatic nitrogens is 4. The molecule has 0 bridgehead atoms. The van der Waals surface area contributed by atoms with Gasteiger partial charge in [0, 0.05) is 63.6 Å². The predicted molar refractivity (Wildman–Crippen MR) is 271 cm³/mol. The first-order valence-electron chi connectivity index (χ1n) is 24.1. The minimum absolute atomic E-state index is 0.0188. The Morgan fingerprint density at radius 2 is 1.70 bits per heavy atom. The highest BCUT2D eigenvalue weighted by molar-refractivity contribution is 7.86. The first kappa shape index (κ1) is 55.0. The lowest BCUT2D eigenvalue weighted by atomic mass is 9.88. The van der Waals surface area contributed by atoms with Crippen LogP contribution in [0.15, 0.2) is 47.7 Å². The van der Waals surface area contributed by atoms with Gasteiger partial charge >= 0.3 is 15.6 Å². The van der Waals surface area contributed by atoms with Crippen LogP contribution in [0.25, 0.3) is 22.3 Å². The van der Waals surface area contributed by atoms with Crippen molar-refractivity contribution >= 4 is 77.1 Å². The van der Waals surface area contributed by atoms with Crippen LogP contribution in [0.4, 0.5) is 23.1 Å². The maximum Gasteiger partial charge on any atom is 0.470 e. The summed E-state index contributed by atoms with van der Waals surface area (Å²) in [6.45, 7) is 13.5. The Bertz CT molecular complexity index is 3270. The zero-order valence-corrected chi connectivity index (χ0v) is 44.3. The van der Waals surface area contributed by atoms with Crippen molar-refractivity contribution in [1.82, 2.24) is 29.4 Å². The van der Waals surface area contributed by atoms with Crippen molar-refractivity contribution < 1.29 is 70.1 Å². The summed E-state index contributed by atoms with van der Waals surface area (Å²) in [6.07, 6.45) is 1.92. The molecule has 4 aliphatic heterocycles. The summed E-state index contributed by atoms with van der Waals surface area (Å²) in [5.41, 5.74) is 10.1. The molecule has 74 heavy (non-hydrogen) atoms. The van der Waals surface area contributed by atoms with Gasteiger partial charge in [0.25, 0.3) is 0 Å². The molecular weight excluding hydrogens is 1030 g/mol. The number of phosphoric acid groups is 2. The number of anilines is 3. The van der Waals surface area contributed by atoms with Gasteiger partial charge in [-0.1, -0.05) is 18.9 Å². The zero-order valence-electron chi connectivity index (χ0n) is 41.7. The van der Waals surface area contributed by atoms with Crippen LogP contribution in [0.2, 0.25) is 0 Å². The molecule has 1 fully saturated rings. The zero-order chi connectivity index (χ0) is 53.7. The summed E-state index contributed by atoms with van der Waals surface area (Å²) >= 11 is 0. The fraction of sp³-hybridized carbons (Fsp3) is 0.522. The fourth-order valence-electron chi connectivity index (χ4n) is 10.2. The van der Waals surface area contributed by atoms with Gasteiger partial charge in [-0.15, -0.1) is 0 Å². The molecule has 4 aromatic rings. The minimum Gasteiger partial charge on any atom is -0.748 e. The van der Waals surface area contributed by atoms with Gasteiger partial charge in [-0.2, -0.15) is 0 Å². The van der Waals surface area contributed by atoms with Gasteiger partial charge in [0.05, 0.1) is 39.6 Å². The monoisotopic (exact) mass is 1090 g/mol. The molecule has 2 aromatic carbocycles. The second kappa shape index (κ2) is 21.1. The maximum absolute atomic E-state index is 13.1. The summed E-state index contributed by atoms with van der Waals surface area (Å²) < 4.78 is 84.9. The number of aliphatic hydroxyl groups is 1. The molecule has 0 spiro atoms. The molecule has 402 valence electrons. The van der Waals surface area contributed by atoms with E-state index in [2.05, 4.69) is 73.4 Å². The third-order valence-corrected chi connectivity index (χ3v) is 15.0. The number of fused-ring (bicyclic) bond motifs is 5. The maximum atomic E-state index is 13.1. The number of carbonyl (C=O) groups excluding carboxylic acids is 1. The van der Waals surface area contributed by atoms with E-state index in [1.54, 1.807) is 12.1 Å². The lowest BCUT2D eigenvalue weighted by Gasteiger charge is -2.43. The number of nitrogens with zero attached hydrogens (tertiary/aromatic N) is 7. The van der Waals surface area contributed by atoms with E-state index in [1.165, 1.54) is 4.57 Å². The van der Waals surface area contributed by atoms with Crippen molar-refractivity contribution in [3.63, 3.8) is 0 Å². The molecule has 0 aliphatic carbocycles. The number of amides is 1. The summed E-state index contributed by atoms with van der Waals surface area (Å²) in [5, 5.41) is 18.5. The molecule has 0 radical (unpaired) electrons. The predicted octanol–water partition coefficient (Wildman–Crippen LogP) is 3.11. The third kappa shape index (κ3) is 12.2. The lowest BCUT2D eigenvalue weighted by molar-refractivity contribution is -0.121. The number of carbonyl (C=O) groups is 1. The van der Waals surface area contributed by atoms with Gasteiger partial charge in [0.15, 0.2) is 40.2 Å². The fourth-order valence-corrected chi connectivity index (χ4v) is 11.8. The number of likely N-dealkylation sites (N-methyl/N-ethyl adjacent to an activating group) is 1. The number of benzene rings is 2. The highest BCUT2D eigenvalue weighted by Crippen LogP contribution is 2.48. The Hall–Kier alpha value is -5.21. The number of nitrogens with one attached hydrogen (secondary N) is 2. The van der Waals surface area contributed by atoms with Gasteiger partial charge in [-0.05, 0) is 69.9 Å². The minimum atomic E-state index is -5.25. The number of nitrogens with two attached hydrogens (primary N) is 1. The quantitative estimate of drug-likeness (QED) is 0.0226. The van der Waals surface area contributed by atoms with E-state index in [0.29, 0.717) is 77.9 Å². The SMILES string of the molecule is CCN1c2cc3c(cc2C(C)=CC1(C)C)N=c1cc2c(cc1O3)=[N+](CCCC(=O)NCCCCCCNc1nc3c(N)ncnc3n1[C@@H]1O[C@H](COP(=O)(O)O)[C@@H](OP(=O)(O)O)[C@H]1O)C(C)(C)C=C2CS(=O)(=O)[O-]. The number of unbranched alkanes of at least 4 members (excludes halogenated alkanes) is 3. The van der Waals surface area contributed by atoms with E-state index < -0.39 is 68.2 Å². The molecule has 1 amide bonds. The molecule has 4 atom stereocenters. The van der Waals surface area contributed by atoms with Crippen molar-refractivity contribution in [3.05, 3.63) is 64.6 Å². The van der Waals surface area contributed by atoms with E-state index in [0.717, 1.165) is 42.5 Å². The van der Waals surface area contributed by atoms with Gasteiger partial charge in [-0.25, -0.2) is 42.1 Å². The second-order valence-electron chi connectivity index (χ2n) is 19.7. The summed E-state index contributed by atoms with van der Waals surface area (Å²) in [6, 6.07) is 7.65. The van der Waals surface area contributed by atoms with Crippen LogP contribution in [-0.2, 0) is 37.8 Å². The normalized spacial score (nSPS) is 20.9. The van der Waals surface area contributed by atoms with Gasteiger partial charge in [0.2, 0.25) is 17.2 Å². The Morgan fingerprint density at radius 1 is 0.973 bits per heavy atom. The van der Waals surface area contributed by atoms with Gasteiger partial charge in [0.1, 0.15) is 42.2 Å². The first-order valence-corrected chi connectivity index (χ1v) is 28.7. The largest absolute Gasteiger partial charge is 0.748 e. The Labute approximate surface area is 426 Å². The number of hydrogen-bond donors (Lipinski definition) is 8. The second-order valence-corrected chi connectivity index (χ2v) is 23.6. The standard InChI is InChI=1S/C46H62N10O15P2S/c1-7-54-32-19-34-30(17-28(32)26(2)21-45(54,3)4)52-31-18-29-27(24-74(65,66)67)22-46(5,6)55(33(29)20-35(31)69-34)16-12-13-37(57)48-14-10-8-9-11-15-49-44-53-38-41(47)50-25-51-42(38)56(44)43-39(58)40(71-73(62,63)64)36(70-43)23-68-72(59,60)61/h17-22,25,36,39-40,43,47,52,58H,7-16,23-24H2,1-6H3,(H6,48,57,59,60,61,62,63,64,65,66,67)/t36-,39-,40-,43-/m1/s1. The average Bonchev–Trinajstić information content (AvgIpc) is 3.80. The lowest BCUT2D eigenvalue weighted by Crippen LogP contribution is -2.50. The molecule has 0 saturated carbocycles. The number of hydrogen-bond acceptors (Lipinski definition) is 18. The van der Waals surface area contributed by atoms with Crippen molar-refractivity contribution in [2.24, 2.45) is 4.99 Å². The van der Waals surface area contributed by atoms with Crippen molar-refractivity contribution in [3.8, 4) is 11.5 Å². The molecule has 1 saturated heterocycles. The Morgan fingerprint density at radius 3 is 2.39 bits per heavy atom. The molecule has 25 nitrogen and oxygen atoms in total. The van der Waals surface area contributed by atoms with Crippen LogP contribution in [-0.4, -0.2) is 131 Å². The van der Waals surface area contributed by atoms with Crippen LogP contribution in [0, 0.1) is 0 Å². The smallest absolute Gasteiger partial charge is 0.470 e. The topological polar surface area (TPSA) is 359 Å². The first-order chi connectivity index (χ1) is 34.6. The average molecular weight is 1090 g/mol. The number of ether oxygens (including phenoxy) is 2. The van der Waals surface area contributed by atoms with Crippen LogP contribution in [0.1, 0.15) is 97.4 Å². The Balaban J connectivity index is 0.878. The highest BCUT2D eigenvalue weighted by Gasteiger charge is 2.50. The third-order valence-electron chi connectivity index (χ3n) is 13.3. The van der Waals surface area contributed by atoms with Gasteiger partial charge < -0.3 is 60.0 Å². The summed E-state index contributed by atoms with van der Waals surface area (Å²) in [7, 11) is -15.0. The molecule has 0 unspecified atom stereocenters. The molecular formula is C46H62N10O15P2S. The Kier molecular flexibility index (Phi) is 15.7. The molecule has 8 rings (SSSR count). The number of rotatable bonds is 21. The molecule has 4 aliphatic rings. The van der Waals surface area contributed by atoms with E-state index >= 15 is 0 Å². The van der Waals surface area contributed by atoms with E-state index in [9.17, 15) is 51.6 Å². The van der Waals surface area contributed by atoms with Crippen LogP contribution in [0.5, 0.6) is 11.5 Å². The molecule has 9 N–H and O–H groups in total. The van der Waals surface area contributed by atoms with Crippen molar-refractivity contribution in [2.75, 3.05) is 54.5 Å². The highest BCUT2D eigenvalue weighted by atomic mass is 32.2. The van der Waals surface area contributed by atoms with E-state index in [1.807, 2.05) is 32.0 Å². The molecule has 2 aromatic heterocycles. The van der Waals surface area contributed by atoms with E-state index in [-0.39, 0.29) is 40.8 Å². The number of phosphoric ester groups is 2. The number of imidazole rings is 1. The van der Waals surface area contributed by atoms with Crippen molar-refractivity contribution in [1.29, 1.82) is 0 Å². The molecule has 28 heteroatoms. The summed E-state index contributed by atoms with van der Waals surface area (Å²) in [4.78, 5) is 70.6. The van der Waals surface area contributed by atoms with Crippen molar-refractivity contribution in [2.45, 2.75) is 116 Å². The van der Waals surface area contributed by atoms with Crippen LogP contribution in [0.3, 0.4) is 0 Å². The number of nitrogen functional groups attached to an aromatic ring is 1. The summed E-state index contributed by atoms with van der Waals surface area (Å²) in [5.74, 6) is 0.303. The van der Waals surface area contributed by atoms with E-state index in [4.69, 9.17) is 24.7 Å². The molecule has 6 heterocycles. The van der Waals surface area contributed by atoms with Gasteiger partial charge in [-0.3, -0.25) is 18.4 Å². The number of allylic oxidation sites excluding steroid dienone is 1. The number of aliphatic hydroxyl groups excluding tert-OH is 1. The van der Waals surface area contributed by atoms with Crippen LogP contribution >= 0.6 is 15.6 Å².